The van der Waals surface area contributed by atoms with E-state index in [-0.39, 0.29) is 11.2 Å². The maximum atomic E-state index is 11.8. The van der Waals surface area contributed by atoms with Crippen molar-refractivity contribution in [1.29, 1.82) is 0 Å². The summed E-state index contributed by atoms with van der Waals surface area (Å²) in [6, 6.07) is 7.95. The molecule has 1 amide bonds. The number of nitrogens with zero attached hydrogens (tertiary/aromatic N) is 2. The van der Waals surface area contributed by atoms with E-state index < -0.39 is 0 Å². The number of hydrogen-bond donors (Lipinski definition) is 1. The van der Waals surface area contributed by atoms with Gasteiger partial charge in [-0.15, -0.1) is 0 Å². The fraction of sp³-hybridized carbons (Fsp3) is 0.417. The summed E-state index contributed by atoms with van der Waals surface area (Å²) in [4.78, 5) is 15.7. The number of rotatable bonds is 2. The molecule has 0 saturated carbocycles. The Labute approximate surface area is 101 Å². The fourth-order valence-corrected chi connectivity index (χ4v) is 2.31. The molecule has 3 nitrogen and oxygen atoms in total. The van der Waals surface area contributed by atoms with Crippen molar-refractivity contribution in [3.63, 3.8) is 0 Å². The van der Waals surface area contributed by atoms with Crippen LogP contribution in [0.2, 0.25) is 0 Å². The van der Waals surface area contributed by atoms with Crippen LogP contribution in [0.5, 0.6) is 0 Å². The minimum atomic E-state index is 0.155. The first-order valence-electron chi connectivity index (χ1n) is 5.34. The molecular weight excluding hydrogens is 220 g/mol. The maximum Gasteiger partial charge on any atom is 0.228 e. The molecule has 16 heavy (non-hydrogen) atoms. The van der Waals surface area contributed by atoms with Crippen LogP contribution in [0.25, 0.3) is 0 Å². The Hall–Kier alpha value is -1.16. The molecule has 86 valence electrons. The van der Waals surface area contributed by atoms with E-state index in [0.717, 1.165) is 11.4 Å². The average Bonchev–Trinajstić information content (AvgIpc) is 2.57. The van der Waals surface area contributed by atoms with Gasteiger partial charge in [-0.25, -0.2) is 0 Å². The van der Waals surface area contributed by atoms with Crippen LogP contribution >= 0.6 is 12.6 Å². The summed E-state index contributed by atoms with van der Waals surface area (Å²) >= 11 is 4.37. The van der Waals surface area contributed by atoms with Crippen molar-refractivity contribution >= 4 is 29.9 Å². The standard InChI is InChI=1S/C12H16N2OS/c1-13(2)10-5-3-4-6-11(10)14-8-9(16)7-12(14)15/h3-6,9,16H,7-8H2,1-2H3. The molecule has 1 atom stereocenters. The molecule has 1 saturated heterocycles. The lowest BCUT2D eigenvalue weighted by atomic mass is 10.2. The van der Waals surface area contributed by atoms with Gasteiger partial charge in [-0.2, -0.15) is 12.6 Å². The van der Waals surface area contributed by atoms with Gasteiger partial charge >= 0.3 is 0 Å². The zero-order valence-corrected chi connectivity index (χ0v) is 10.4. The van der Waals surface area contributed by atoms with Crippen molar-refractivity contribution in [3.8, 4) is 0 Å². The second-order valence-corrected chi connectivity index (χ2v) is 4.98. The van der Waals surface area contributed by atoms with Gasteiger partial charge in [-0.1, -0.05) is 12.1 Å². The lowest BCUT2D eigenvalue weighted by Crippen LogP contribution is -2.26. The summed E-state index contributed by atoms with van der Waals surface area (Å²) in [6.45, 7) is 0.701. The second-order valence-electron chi connectivity index (χ2n) is 4.25. The Bertz CT molecular complexity index is 406. The fourth-order valence-electron chi connectivity index (χ4n) is 1.99. The summed E-state index contributed by atoms with van der Waals surface area (Å²) in [5, 5.41) is 0.155. The largest absolute Gasteiger partial charge is 0.376 e. The van der Waals surface area contributed by atoms with Crippen molar-refractivity contribution in [1.82, 2.24) is 0 Å². The minimum absolute atomic E-state index is 0.155. The number of anilines is 2. The van der Waals surface area contributed by atoms with Gasteiger partial charge in [-0.05, 0) is 12.1 Å². The zero-order chi connectivity index (χ0) is 11.7. The van der Waals surface area contributed by atoms with Crippen LogP contribution in [-0.2, 0) is 4.79 Å². The number of benzene rings is 1. The van der Waals surface area contributed by atoms with Gasteiger partial charge in [0.1, 0.15) is 0 Å². The van der Waals surface area contributed by atoms with E-state index in [4.69, 9.17) is 0 Å². The molecule has 1 aliphatic rings. The average molecular weight is 236 g/mol. The first-order valence-corrected chi connectivity index (χ1v) is 5.86. The first-order chi connectivity index (χ1) is 7.59. The zero-order valence-electron chi connectivity index (χ0n) is 9.55. The van der Waals surface area contributed by atoms with E-state index in [1.54, 1.807) is 0 Å². The highest BCUT2D eigenvalue weighted by Crippen LogP contribution is 2.31. The lowest BCUT2D eigenvalue weighted by Gasteiger charge is -2.23. The predicted molar refractivity (Wildman–Crippen MR) is 70.5 cm³/mol. The van der Waals surface area contributed by atoms with E-state index in [2.05, 4.69) is 12.6 Å². The molecule has 1 heterocycles. The van der Waals surface area contributed by atoms with E-state index in [1.807, 2.05) is 48.2 Å². The van der Waals surface area contributed by atoms with Crippen molar-refractivity contribution in [3.05, 3.63) is 24.3 Å². The normalized spacial score (nSPS) is 20.3. The van der Waals surface area contributed by atoms with Crippen molar-refractivity contribution < 1.29 is 4.79 Å². The van der Waals surface area contributed by atoms with Crippen LogP contribution in [0.4, 0.5) is 11.4 Å². The number of hydrogen-bond acceptors (Lipinski definition) is 3. The molecule has 1 fully saturated rings. The predicted octanol–water partition coefficient (Wildman–Crippen LogP) is 1.79. The molecule has 0 bridgehead atoms. The number of thiol groups is 1. The summed E-state index contributed by atoms with van der Waals surface area (Å²) in [6.07, 6.45) is 0.533. The Balaban J connectivity index is 2.36. The second kappa shape index (κ2) is 4.37. The molecule has 1 unspecified atom stereocenters. The number of amides is 1. The van der Waals surface area contributed by atoms with Gasteiger partial charge < -0.3 is 9.80 Å². The van der Waals surface area contributed by atoms with Crippen LogP contribution in [0.1, 0.15) is 6.42 Å². The van der Waals surface area contributed by atoms with Gasteiger partial charge in [0.15, 0.2) is 0 Å². The monoisotopic (exact) mass is 236 g/mol. The van der Waals surface area contributed by atoms with E-state index >= 15 is 0 Å². The van der Waals surface area contributed by atoms with Gasteiger partial charge in [0, 0.05) is 32.3 Å². The van der Waals surface area contributed by atoms with Gasteiger partial charge in [0.2, 0.25) is 5.91 Å². The molecule has 2 rings (SSSR count). The van der Waals surface area contributed by atoms with Gasteiger partial charge in [0.25, 0.3) is 0 Å². The molecule has 1 aromatic rings. The van der Waals surface area contributed by atoms with E-state index in [0.29, 0.717) is 13.0 Å². The molecular formula is C12H16N2OS. The van der Waals surface area contributed by atoms with Crippen LogP contribution in [0, 0.1) is 0 Å². The molecule has 0 radical (unpaired) electrons. The lowest BCUT2D eigenvalue weighted by molar-refractivity contribution is -0.117. The SMILES string of the molecule is CN(C)c1ccccc1N1CC(S)CC1=O. The van der Waals surface area contributed by atoms with E-state index in [9.17, 15) is 4.79 Å². The van der Waals surface area contributed by atoms with Crippen molar-refractivity contribution in [2.45, 2.75) is 11.7 Å². The summed E-state index contributed by atoms with van der Waals surface area (Å²) in [5.41, 5.74) is 2.05. The topological polar surface area (TPSA) is 23.6 Å². The number of carbonyl (C=O) groups excluding carboxylic acids is 1. The Morgan fingerprint density at radius 3 is 2.62 bits per heavy atom. The molecule has 4 heteroatoms. The van der Waals surface area contributed by atoms with Gasteiger partial charge in [0.05, 0.1) is 11.4 Å². The third kappa shape index (κ3) is 2.02. The van der Waals surface area contributed by atoms with Crippen LogP contribution in [-0.4, -0.2) is 31.8 Å². The number of para-hydroxylation sites is 2. The molecule has 1 aliphatic heterocycles. The third-order valence-corrected chi connectivity index (χ3v) is 3.10. The van der Waals surface area contributed by atoms with Crippen LogP contribution < -0.4 is 9.80 Å². The Morgan fingerprint density at radius 2 is 2.06 bits per heavy atom. The maximum absolute atomic E-state index is 11.8. The van der Waals surface area contributed by atoms with E-state index in [1.165, 1.54) is 0 Å². The van der Waals surface area contributed by atoms with Crippen LogP contribution in [0.15, 0.2) is 24.3 Å². The third-order valence-electron chi connectivity index (χ3n) is 2.76. The quantitative estimate of drug-likeness (QED) is 0.791. The summed E-state index contributed by atoms with van der Waals surface area (Å²) in [7, 11) is 3.97. The first kappa shape index (κ1) is 11.3. The van der Waals surface area contributed by atoms with Crippen LogP contribution in [0.3, 0.4) is 0 Å². The molecule has 0 spiro atoms. The summed E-state index contributed by atoms with van der Waals surface area (Å²) < 4.78 is 0. The Morgan fingerprint density at radius 1 is 1.38 bits per heavy atom. The van der Waals surface area contributed by atoms with Gasteiger partial charge in [-0.3, -0.25) is 4.79 Å². The number of carbonyl (C=O) groups is 1. The smallest absolute Gasteiger partial charge is 0.228 e. The highest BCUT2D eigenvalue weighted by molar-refractivity contribution is 7.81. The highest BCUT2D eigenvalue weighted by atomic mass is 32.1. The molecule has 0 N–H and O–H groups in total. The summed E-state index contributed by atoms with van der Waals surface area (Å²) in [5.74, 6) is 0.161. The molecule has 1 aromatic carbocycles. The molecule has 0 aliphatic carbocycles. The molecule has 0 aromatic heterocycles. The van der Waals surface area contributed by atoms with Crippen molar-refractivity contribution in [2.24, 2.45) is 0 Å². The van der Waals surface area contributed by atoms with Crippen molar-refractivity contribution in [2.75, 3.05) is 30.4 Å². The minimum Gasteiger partial charge on any atom is -0.376 e. The Kier molecular flexibility index (Phi) is 3.10. The highest BCUT2D eigenvalue weighted by Gasteiger charge is 2.29.